The van der Waals surface area contributed by atoms with E-state index < -0.39 is 0 Å². The number of hydrogen-bond donors (Lipinski definition) is 0. The largest absolute Gasteiger partial charge is 0.352 e. The topological polar surface area (TPSA) is 49.3 Å². The number of anilines is 1. The SMILES string of the molecule is CCc1cc2c(N3CCN(C(=O)CCl)CC3)ncnc2s1. The highest BCUT2D eigenvalue weighted by atomic mass is 35.5. The van der Waals surface area contributed by atoms with Crippen LogP contribution in [-0.4, -0.2) is 52.8 Å². The number of nitrogens with zero attached hydrogens (tertiary/aromatic N) is 4. The predicted molar refractivity (Wildman–Crippen MR) is 86.3 cm³/mol. The molecule has 0 saturated carbocycles. The summed E-state index contributed by atoms with van der Waals surface area (Å²) in [6.45, 7) is 5.11. The number of aromatic nitrogens is 2. The van der Waals surface area contributed by atoms with Crippen molar-refractivity contribution in [3.8, 4) is 0 Å². The van der Waals surface area contributed by atoms with Crippen molar-refractivity contribution in [3.63, 3.8) is 0 Å². The number of carbonyl (C=O) groups is 1. The zero-order valence-corrected chi connectivity index (χ0v) is 13.5. The summed E-state index contributed by atoms with van der Waals surface area (Å²) in [5, 5.41) is 1.12. The number of fused-ring (bicyclic) bond motifs is 1. The van der Waals surface area contributed by atoms with Gasteiger partial charge in [-0.15, -0.1) is 22.9 Å². The first-order valence-electron chi connectivity index (χ1n) is 7.05. The Morgan fingerprint density at radius 1 is 1.33 bits per heavy atom. The fourth-order valence-corrected chi connectivity index (χ4v) is 3.67. The van der Waals surface area contributed by atoms with E-state index in [1.165, 1.54) is 4.88 Å². The van der Waals surface area contributed by atoms with E-state index in [9.17, 15) is 4.79 Å². The lowest BCUT2D eigenvalue weighted by atomic mass is 10.2. The van der Waals surface area contributed by atoms with Crippen LogP contribution in [0.15, 0.2) is 12.4 Å². The number of thiophene rings is 1. The fourth-order valence-electron chi connectivity index (χ4n) is 2.57. The van der Waals surface area contributed by atoms with Crippen molar-refractivity contribution in [1.29, 1.82) is 0 Å². The predicted octanol–water partition coefficient (Wildman–Crippen LogP) is 2.14. The lowest BCUT2D eigenvalue weighted by Gasteiger charge is -2.35. The molecule has 2 aromatic heterocycles. The van der Waals surface area contributed by atoms with Gasteiger partial charge in [0.25, 0.3) is 0 Å². The Hall–Kier alpha value is -1.40. The van der Waals surface area contributed by atoms with Crippen molar-refractivity contribution >= 4 is 44.9 Å². The highest BCUT2D eigenvalue weighted by Crippen LogP contribution is 2.30. The molecule has 0 N–H and O–H groups in total. The molecule has 0 atom stereocenters. The van der Waals surface area contributed by atoms with E-state index in [0.29, 0.717) is 13.1 Å². The Morgan fingerprint density at radius 2 is 2.10 bits per heavy atom. The molecule has 112 valence electrons. The molecule has 5 nitrogen and oxygen atoms in total. The van der Waals surface area contributed by atoms with E-state index >= 15 is 0 Å². The second kappa shape index (κ2) is 6.15. The van der Waals surface area contributed by atoms with Crippen molar-refractivity contribution < 1.29 is 4.79 Å². The van der Waals surface area contributed by atoms with Crippen molar-refractivity contribution in [3.05, 3.63) is 17.3 Å². The van der Waals surface area contributed by atoms with Crippen molar-refractivity contribution in [2.45, 2.75) is 13.3 Å². The minimum atomic E-state index is 0.00736. The highest BCUT2D eigenvalue weighted by molar-refractivity contribution is 7.18. The minimum Gasteiger partial charge on any atom is -0.352 e. The molecule has 2 aromatic rings. The summed E-state index contributed by atoms with van der Waals surface area (Å²) in [6.07, 6.45) is 2.64. The molecule has 1 aliphatic heterocycles. The number of carbonyl (C=O) groups excluding carboxylic acids is 1. The Labute approximate surface area is 132 Å². The lowest BCUT2D eigenvalue weighted by Crippen LogP contribution is -2.49. The number of aryl methyl sites for hydroxylation is 1. The third-order valence-corrected chi connectivity index (χ3v) is 5.17. The summed E-state index contributed by atoms with van der Waals surface area (Å²) in [5.74, 6) is 1.05. The molecule has 7 heteroatoms. The van der Waals surface area contributed by atoms with Crippen LogP contribution in [-0.2, 0) is 11.2 Å². The van der Waals surface area contributed by atoms with Crippen molar-refractivity contribution in [2.75, 3.05) is 37.0 Å². The molecule has 1 saturated heterocycles. The molecule has 1 fully saturated rings. The molecule has 1 amide bonds. The number of amides is 1. The third kappa shape index (κ3) is 2.82. The van der Waals surface area contributed by atoms with Crippen LogP contribution >= 0.6 is 22.9 Å². The second-order valence-corrected chi connectivity index (χ2v) is 6.37. The number of piperazine rings is 1. The van der Waals surface area contributed by atoms with Gasteiger partial charge in [0.1, 0.15) is 22.9 Å². The molecular formula is C14H17ClN4OS. The summed E-state index contributed by atoms with van der Waals surface area (Å²) in [7, 11) is 0. The van der Waals surface area contributed by atoms with E-state index in [1.807, 2.05) is 4.90 Å². The molecule has 0 radical (unpaired) electrons. The van der Waals surface area contributed by atoms with Gasteiger partial charge in [-0.2, -0.15) is 0 Å². The summed E-state index contributed by atoms with van der Waals surface area (Å²) < 4.78 is 0. The summed E-state index contributed by atoms with van der Waals surface area (Å²) in [6, 6.07) is 2.19. The molecule has 0 spiro atoms. The monoisotopic (exact) mass is 324 g/mol. The quantitative estimate of drug-likeness (QED) is 0.812. The lowest BCUT2D eigenvalue weighted by molar-refractivity contribution is -0.128. The van der Waals surface area contributed by atoms with E-state index in [1.54, 1.807) is 17.7 Å². The van der Waals surface area contributed by atoms with Gasteiger partial charge in [0, 0.05) is 31.1 Å². The first-order chi connectivity index (χ1) is 10.2. The maximum atomic E-state index is 11.6. The van der Waals surface area contributed by atoms with Crippen molar-refractivity contribution in [1.82, 2.24) is 14.9 Å². The average molecular weight is 325 g/mol. The van der Waals surface area contributed by atoms with Gasteiger partial charge in [0.15, 0.2) is 0 Å². The second-order valence-electron chi connectivity index (χ2n) is 4.98. The van der Waals surface area contributed by atoms with Gasteiger partial charge < -0.3 is 9.80 Å². The number of halogens is 1. The molecular weight excluding hydrogens is 308 g/mol. The Morgan fingerprint density at radius 3 is 2.76 bits per heavy atom. The minimum absolute atomic E-state index is 0.00736. The zero-order chi connectivity index (χ0) is 14.8. The van der Waals surface area contributed by atoms with Gasteiger partial charge in [0.05, 0.1) is 5.39 Å². The van der Waals surface area contributed by atoms with Crippen molar-refractivity contribution in [2.24, 2.45) is 0 Å². The first kappa shape index (κ1) is 14.5. The Bertz CT molecular complexity index is 651. The number of rotatable bonds is 3. The zero-order valence-electron chi connectivity index (χ0n) is 11.9. The van der Waals surface area contributed by atoms with Gasteiger partial charge >= 0.3 is 0 Å². The van der Waals surface area contributed by atoms with E-state index in [4.69, 9.17) is 11.6 Å². The van der Waals surface area contributed by atoms with Crippen LogP contribution in [0.4, 0.5) is 5.82 Å². The van der Waals surface area contributed by atoms with Gasteiger partial charge in [-0.3, -0.25) is 4.79 Å². The van der Waals surface area contributed by atoms with Crippen LogP contribution in [0.5, 0.6) is 0 Å². The van der Waals surface area contributed by atoms with E-state index in [-0.39, 0.29) is 11.8 Å². The summed E-state index contributed by atoms with van der Waals surface area (Å²) >= 11 is 7.34. The van der Waals surface area contributed by atoms with Crippen LogP contribution in [0.3, 0.4) is 0 Å². The molecule has 3 rings (SSSR count). The molecule has 3 heterocycles. The Kier molecular flexibility index (Phi) is 4.26. The normalized spacial score (nSPS) is 15.7. The Balaban J connectivity index is 1.82. The van der Waals surface area contributed by atoms with Gasteiger partial charge in [-0.1, -0.05) is 6.92 Å². The average Bonchev–Trinajstić information content (AvgIpc) is 2.97. The van der Waals surface area contributed by atoms with Crippen LogP contribution in [0.1, 0.15) is 11.8 Å². The maximum absolute atomic E-state index is 11.6. The molecule has 1 aliphatic rings. The molecule has 0 aromatic carbocycles. The van der Waals surface area contributed by atoms with Gasteiger partial charge in [-0.25, -0.2) is 9.97 Å². The molecule has 21 heavy (non-hydrogen) atoms. The standard InChI is InChI=1S/C14H17ClN4OS/c1-2-10-7-11-13(16-9-17-14(11)21-10)19-5-3-18(4-6-19)12(20)8-15/h7,9H,2-6,8H2,1H3. The molecule has 0 aliphatic carbocycles. The van der Waals surface area contributed by atoms with Crippen LogP contribution < -0.4 is 4.90 Å². The number of hydrogen-bond acceptors (Lipinski definition) is 5. The van der Waals surface area contributed by atoms with E-state index in [0.717, 1.165) is 35.5 Å². The number of alkyl halides is 1. The van der Waals surface area contributed by atoms with Gasteiger partial charge in [-0.05, 0) is 12.5 Å². The summed E-state index contributed by atoms with van der Waals surface area (Å²) in [4.78, 5) is 26.8. The first-order valence-corrected chi connectivity index (χ1v) is 8.40. The van der Waals surface area contributed by atoms with E-state index in [2.05, 4.69) is 27.9 Å². The fraction of sp³-hybridized carbons (Fsp3) is 0.500. The molecule has 0 bridgehead atoms. The maximum Gasteiger partial charge on any atom is 0.237 e. The van der Waals surface area contributed by atoms with Crippen LogP contribution in [0.2, 0.25) is 0 Å². The molecule has 0 unspecified atom stereocenters. The third-order valence-electron chi connectivity index (χ3n) is 3.75. The van der Waals surface area contributed by atoms with Crippen LogP contribution in [0, 0.1) is 0 Å². The van der Waals surface area contributed by atoms with Crippen LogP contribution in [0.25, 0.3) is 10.2 Å². The highest BCUT2D eigenvalue weighted by Gasteiger charge is 2.23. The van der Waals surface area contributed by atoms with Gasteiger partial charge in [0.2, 0.25) is 5.91 Å². The summed E-state index contributed by atoms with van der Waals surface area (Å²) in [5.41, 5.74) is 0. The smallest absolute Gasteiger partial charge is 0.237 e.